The van der Waals surface area contributed by atoms with E-state index >= 15 is 0 Å². The highest BCUT2D eigenvalue weighted by atomic mass is 16.1. The Kier molecular flexibility index (Phi) is 5.43. The minimum absolute atomic E-state index is 0.0464. The van der Waals surface area contributed by atoms with Gasteiger partial charge in [0.1, 0.15) is 0 Å². The summed E-state index contributed by atoms with van der Waals surface area (Å²) in [5.74, 6) is -0.0464. The summed E-state index contributed by atoms with van der Waals surface area (Å²) < 4.78 is 0. The lowest BCUT2D eigenvalue weighted by Crippen LogP contribution is -2.21. The molecular weight excluding hydrogens is 224 g/mol. The van der Waals surface area contributed by atoms with Gasteiger partial charge in [-0.05, 0) is 44.4 Å². The van der Waals surface area contributed by atoms with Gasteiger partial charge in [0, 0.05) is 24.3 Å². The Morgan fingerprint density at radius 1 is 1.50 bits per heavy atom. The van der Waals surface area contributed by atoms with Crippen LogP contribution in [0.3, 0.4) is 0 Å². The molecule has 0 fully saturated rings. The Labute approximate surface area is 109 Å². The number of amides is 1. The monoisotopic (exact) mass is 246 g/mol. The molecule has 1 atom stereocenters. The maximum atomic E-state index is 11.7. The number of hydrogen-bond acceptors (Lipinski definition) is 2. The van der Waals surface area contributed by atoms with Crippen molar-refractivity contribution in [1.29, 1.82) is 0 Å². The average Bonchev–Trinajstić information content (AvgIpc) is 2.38. The van der Waals surface area contributed by atoms with Gasteiger partial charge in [-0.1, -0.05) is 12.1 Å². The van der Waals surface area contributed by atoms with E-state index in [9.17, 15) is 4.79 Å². The second kappa shape index (κ2) is 6.84. The van der Waals surface area contributed by atoms with Crippen LogP contribution in [-0.4, -0.2) is 19.0 Å². The SMILES string of the molecule is C=CCC[C@@H](C)Nc1cccc(C(=O)NC)c1C. The maximum Gasteiger partial charge on any atom is 0.251 e. The van der Waals surface area contributed by atoms with Crippen molar-refractivity contribution < 1.29 is 4.79 Å². The predicted octanol–water partition coefficient (Wildman–Crippen LogP) is 3.12. The van der Waals surface area contributed by atoms with Gasteiger partial charge in [0.2, 0.25) is 0 Å². The lowest BCUT2D eigenvalue weighted by Gasteiger charge is -2.17. The highest BCUT2D eigenvalue weighted by molar-refractivity contribution is 5.96. The molecule has 0 aromatic heterocycles. The number of benzene rings is 1. The second-order valence-electron chi connectivity index (χ2n) is 4.47. The molecule has 0 radical (unpaired) electrons. The first-order valence-electron chi connectivity index (χ1n) is 6.29. The van der Waals surface area contributed by atoms with Crippen molar-refractivity contribution in [3.63, 3.8) is 0 Å². The molecule has 18 heavy (non-hydrogen) atoms. The molecule has 0 bridgehead atoms. The summed E-state index contributed by atoms with van der Waals surface area (Å²) in [6, 6.07) is 6.11. The number of hydrogen-bond donors (Lipinski definition) is 2. The molecule has 0 unspecified atom stereocenters. The molecule has 1 aromatic carbocycles. The van der Waals surface area contributed by atoms with Crippen LogP contribution in [0.1, 0.15) is 35.7 Å². The van der Waals surface area contributed by atoms with E-state index in [1.54, 1.807) is 7.05 Å². The summed E-state index contributed by atoms with van der Waals surface area (Å²) in [6.45, 7) is 7.82. The van der Waals surface area contributed by atoms with Crippen molar-refractivity contribution in [1.82, 2.24) is 5.32 Å². The molecule has 0 saturated heterocycles. The van der Waals surface area contributed by atoms with Crippen molar-refractivity contribution in [3.8, 4) is 0 Å². The lowest BCUT2D eigenvalue weighted by molar-refractivity contribution is 0.0962. The molecule has 2 N–H and O–H groups in total. The van der Waals surface area contributed by atoms with E-state index in [-0.39, 0.29) is 5.91 Å². The van der Waals surface area contributed by atoms with Crippen molar-refractivity contribution in [3.05, 3.63) is 42.0 Å². The molecular formula is C15H22N2O. The normalized spacial score (nSPS) is 11.7. The van der Waals surface area contributed by atoms with Gasteiger partial charge in [0.15, 0.2) is 0 Å². The first-order chi connectivity index (χ1) is 8.60. The van der Waals surface area contributed by atoms with Gasteiger partial charge in [-0.2, -0.15) is 0 Å². The van der Waals surface area contributed by atoms with E-state index < -0.39 is 0 Å². The summed E-state index contributed by atoms with van der Waals surface area (Å²) in [5, 5.41) is 6.09. The largest absolute Gasteiger partial charge is 0.382 e. The van der Waals surface area contributed by atoms with Crippen LogP contribution in [0.5, 0.6) is 0 Å². The van der Waals surface area contributed by atoms with Gasteiger partial charge in [-0.15, -0.1) is 6.58 Å². The van der Waals surface area contributed by atoms with Gasteiger partial charge in [-0.25, -0.2) is 0 Å². The van der Waals surface area contributed by atoms with Gasteiger partial charge < -0.3 is 10.6 Å². The quantitative estimate of drug-likeness (QED) is 0.757. The fourth-order valence-electron chi connectivity index (χ4n) is 1.88. The summed E-state index contributed by atoms with van der Waals surface area (Å²) in [4.78, 5) is 11.7. The third-order valence-corrected chi connectivity index (χ3v) is 3.01. The lowest BCUT2D eigenvalue weighted by atomic mass is 10.0. The van der Waals surface area contributed by atoms with Gasteiger partial charge >= 0.3 is 0 Å². The molecule has 98 valence electrons. The molecule has 1 rings (SSSR count). The zero-order chi connectivity index (χ0) is 13.5. The Bertz CT molecular complexity index is 427. The zero-order valence-electron chi connectivity index (χ0n) is 11.4. The standard InChI is InChI=1S/C15H22N2O/c1-5-6-8-11(2)17-14-10-7-9-13(12(14)3)15(18)16-4/h5,7,9-11,17H,1,6,8H2,2-4H3,(H,16,18)/t11-/m1/s1. The Morgan fingerprint density at radius 2 is 2.22 bits per heavy atom. The molecule has 0 spiro atoms. The molecule has 1 aromatic rings. The number of rotatable bonds is 6. The van der Waals surface area contributed by atoms with Crippen LogP contribution in [0.15, 0.2) is 30.9 Å². The minimum Gasteiger partial charge on any atom is -0.382 e. The van der Waals surface area contributed by atoms with Gasteiger partial charge in [-0.3, -0.25) is 4.79 Å². The molecule has 0 aliphatic heterocycles. The van der Waals surface area contributed by atoms with Crippen LogP contribution < -0.4 is 10.6 Å². The molecule has 0 aliphatic rings. The number of anilines is 1. The first kappa shape index (κ1) is 14.3. The predicted molar refractivity (Wildman–Crippen MR) is 77.1 cm³/mol. The third kappa shape index (κ3) is 3.62. The minimum atomic E-state index is -0.0464. The van der Waals surface area contributed by atoms with Crippen molar-refractivity contribution in [2.24, 2.45) is 0 Å². The van der Waals surface area contributed by atoms with Crippen molar-refractivity contribution >= 4 is 11.6 Å². The molecule has 0 saturated carbocycles. The number of carbonyl (C=O) groups excluding carboxylic acids is 1. The van der Waals surface area contributed by atoms with Crippen molar-refractivity contribution in [2.45, 2.75) is 32.7 Å². The van der Waals surface area contributed by atoms with E-state index in [1.807, 2.05) is 31.2 Å². The molecule has 3 heteroatoms. The van der Waals surface area contributed by atoms with E-state index in [0.29, 0.717) is 6.04 Å². The number of allylic oxidation sites excluding steroid dienone is 1. The first-order valence-corrected chi connectivity index (χ1v) is 6.29. The number of nitrogens with one attached hydrogen (secondary N) is 2. The fourth-order valence-corrected chi connectivity index (χ4v) is 1.88. The summed E-state index contributed by atoms with van der Waals surface area (Å²) >= 11 is 0. The van der Waals surface area contributed by atoms with E-state index in [0.717, 1.165) is 29.7 Å². The Hall–Kier alpha value is -1.77. The smallest absolute Gasteiger partial charge is 0.251 e. The van der Waals surface area contributed by atoms with E-state index in [2.05, 4.69) is 24.1 Å². The van der Waals surface area contributed by atoms with Crippen LogP contribution in [0.25, 0.3) is 0 Å². The van der Waals surface area contributed by atoms with Gasteiger partial charge in [0.05, 0.1) is 0 Å². The average molecular weight is 246 g/mol. The Balaban J connectivity index is 2.83. The molecule has 1 amide bonds. The fraction of sp³-hybridized carbons (Fsp3) is 0.400. The van der Waals surface area contributed by atoms with Crippen LogP contribution in [0.4, 0.5) is 5.69 Å². The van der Waals surface area contributed by atoms with E-state index in [4.69, 9.17) is 0 Å². The highest BCUT2D eigenvalue weighted by Crippen LogP contribution is 2.20. The van der Waals surface area contributed by atoms with E-state index in [1.165, 1.54) is 0 Å². The summed E-state index contributed by atoms with van der Waals surface area (Å²) in [7, 11) is 1.65. The van der Waals surface area contributed by atoms with Crippen molar-refractivity contribution in [2.75, 3.05) is 12.4 Å². The maximum absolute atomic E-state index is 11.7. The number of carbonyl (C=O) groups is 1. The highest BCUT2D eigenvalue weighted by Gasteiger charge is 2.11. The van der Waals surface area contributed by atoms with Crippen LogP contribution in [0, 0.1) is 6.92 Å². The Morgan fingerprint density at radius 3 is 2.83 bits per heavy atom. The van der Waals surface area contributed by atoms with Crippen LogP contribution in [-0.2, 0) is 0 Å². The van der Waals surface area contributed by atoms with Gasteiger partial charge in [0.25, 0.3) is 5.91 Å². The molecule has 0 aliphatic carbocycles. The third-order valence-electron chi connectivity index (χ3n) is 3.01. The second-order valence-corrected chi connectivity index (χ2v) is 4.47. The summed E-state index contributed by atoms with van der Waals surface area (Å²) in [5.41, 5.74) is 2.73. The molecule has 0 heterocycles. The summed E-state index contributed by atoms with van der Waals surface area (Å²) in [6.07, 6.45) is 3.95. The zero-order valence-corrected chi connectivity index (χ0v) is 11.4. The van der Waals surface area contributed by atoms with Crippen LogP contribution >= 0.6 is 0 Å². The molecule has 3 nitrogen and oxygen atoms in total. The topological polar surface area (TPSA) is 41.1 Å². The van der Waals surface area contributed by atoms with Crippen LogP contribution in [0.2, 0.25) is 0 Å².